The number of rotatable bonds is 4. The number of nitriles is 1. The van der Waals surface area contributed by atoms with E-state index in [1.54, 1.807) is 19.1 Å². The van der Waals surface area contributed by atoms with E-state index in [0.717, 1.165) is 0 Å². The Labute approximate surface area is 173 Å². The Hall–Kier alpha value is -3.53. The first-order valence-electron chi connectivity index (χ1n) is 9.46. The van der Waals surface area contributed by atoms with Gasteiger partial charge >= 0.3 is 0 Å². The molecule has 5 nitrogen and oxygen atoms in total. The molecule has 1 aliphatic rings. The molecule has 1 aliphatic heterocycles. The quantitative estimate of drug-likeness (QED) is 0.726. The van der Waals surface area contributed by atoms with Gasteiger partial charge in [-0.05, 0) is 42.3 Å². The fourth-order valence-electron chi connectivity index (χ4n) is 3.80. The van der Waals surface area contributed by atoms with Gasteiger partial charge < -0.3 is 9.80 Å². The molecule has 3 rings (SSSR count). The maximum Gasteiger partial charge on any atom is 0.271 e. The Morgan fingerprint density at radius 2 is 1.77 bits per heavy atom. The van der Waals surface area contributed by atoms with Crippen LogP contribution in [-0.2, 0) is 16.0 Å². The normalized spacial score (nSPS) is 20.6. The van der Waals surface area contributed by atoms with E-state index in [4.69, 9.17) is 0 Å². The molecule has 1 saturated heterocycles. The topological polar surface area (TPSA) is 64.4 Å². The summed E-state index contributed by atoms with van der Waals surface area (Å²) < 4.78 is 27.6. The molecule has 1 fully saturated rings. The molecule has 0 saturated carbocycles. The van der Waals surface area contributed by atoms with E-state index in [2.05, 4.69) is 0 Å². The van der Waals surface area contributed by atoms with Crippen molar-refractivity contribution in [1.82, 2.24) is 9.80 Å². The number of halogens is 2. The highest BCUT2D eigenvalue weighted by molar-refractivity contribution is 6.09. The Kier molecular flexibility index (Phi) is 5.70. The summed E-state index contributed by atoms with van der Waals surface area (Å²) in [6.45, 7) is 1.80. The molecular formula is C23H21F2N3O2. The van der Waals surface area contributed by atoms with Crippen molar-refractivity contribution in [2.24, 2.45) is 0 Å². The van der Waals surface area contributed by atoms with Crippen molar-refractivity contribution in [2.45, 2.75) is 25.3 Å². The molecule has 0 aliphatic carbocycles. The number of likely N-dealkylation sites (N-methyl/N-ethyl adjacent to an activating group) is 2. The van der Waals surface area contributed by atoms with E-state index in [-0.39, 0.29) is 35.0 Å². The Morgan fingerprint density at radius 1 is 1.10 bits per heavy atom. The fraction of sp³-hybridized carbons (Fsp3) is 0.261. The van der Waals surface area contributed by atoms with Crippen LogP contribution in [0.3, 0.4) is 0 Å². The lowest BCUT2D eigenvalue weighted by Gasteiger charge is -2.47. The summed E-state index contributed by atoms with van der Waals surface area (Å²) in [6.07, 6.45) is 1.79. The van der Waals surface area contributed by atoms with Crippen LogP contribution in [0.2, 0.25) is 0 Å². The SMILES string of the molecule is CCC1(Cc2ccc(F)cc2)C(=O)N(C)/C(=C/c2c(F)cccc2C#N)C(=O)N1C. The summed E-state index contributed by atoms with van der Waals surface area (Å²) >= 11 is 0. The summed E-state index contributed by atoms with van der Waals surface area (Å²) in [6, 6.07) is 11.7. The maximum absolute atomic E-state index is 14.3. The first-order chi connectivity index (χ1) is 14.2. The second-order valence-corrected chi connectivity index (χ2v) is 7.26. The number of piperazine rings is 1. The number of benzene rings is 2. The molecule has 2 amide bonds. The van der Waals surface area contributed by atoms with Crippen LogP contribution in [0, 0.1) is 23.0 Å². The highest BCUT2D eigenvalue weighted by atomic mass is 19.1. The Bertz CT molecular complexity index is 1070. The van der Waals surface area contributed by atoms with Crippen LogP contribution in [0.4, 0.5) is 8.78 Å². The van der Waals surface area contributed by atoms with Crippen molar-refractivity contribution in [3.63, 3.8) is 0 Å². The number of hydrogen-bond acceptors (Lipinski definition) is 3. The lowest BCUT2D eigenvalue weighted by atomic mass is 9.82. The van der Waals surface area contributed by atoms with Crippen LogP contribution in [0.5, 0.6) is 0 Å². The first-order valence-corrected chi connectivity index (χ1v) is 9.46. The van der Waals surface area contributed by atoms with E-state index < -0.39 is 17.3 Å². The van der Waals surface area contributed by atoms with Gasteiger partial charge in [-0.3, -0.25) is 9.59 Å². The molecule has 0 bridgehead atoms. The van der Waals surface area contributed by atoms with Gasteiger partial charge in [-0.2, -0.15) is 5.26 Å². The van der Waals surface area contributed by atoms with Crippen molar-refractivity contribution in [2.75, 3.05) is 14.1 Å². The van der Waals surface area contributed by atoms with Gasteiger partial charge in [0.2, 0.25) is 0 Å². The highest BCUT2D eigenvalue weighted by Gasteiger charge is 2.50. The number of carbonyl (C=O) groups is 2. The third kappa shape index (κ3) is 3.45. The molecule has 2 aromatic rings. The van der Waals surface area contributed by atoms with Crippen LogP contribution in [-0.4, -0.2) is 41.2 Å². The summed E-state index contributed by atoms with van der Waals surface area (Å²) in [7, 11) is 2.99. The summed E-state index contributed by atoms with van der Waals surface area (Å²) in [4.78, 5) is 29.2. The average Bonchev–Trinajstić information content (AvgIpc) is 2.75. The van der Waals surface area contributed by atoms with Gasteiger partial charge in [0, 0.05) is 26.1 Å². The molecule has 7 heteroatoms. The molecule has 2 aromatic carbocycles. The van der Waals surface area contributed by atoms with Gasteiger partial charge in [-0.25, -0.2) is 8.78 Å². The van der Waals surface area contributed by atoms with Crippen LogP contribution < -0.4 is 0 Å². The molecule has 30 heavy (non-hydrogen) atoms. The smallest absolute Gasteiger partial charge is 0.271 e. The third-order valence-electron chi connectivity index (χ3n) is 5.68. The van der Waals surface area contributed by atoms with Gasteiger partial charge in [-0.1, -0.05) is 25.1 Å². The molecule has 0 spiro atoms. The van der Waals surface area contributed by atoms with E-state index in [1.165, 1.54) is 60.3 Å². The zero-order chi connectivity index (χ0) is 22.1. The molecule has 154 valence electrons. The standard InChI is InChI=1S/C23H21F2N3O2/c1-4-23(13-15-8-10-17(24)11-9-15)22(30)27(2)20(21(29)28(23)3)12-18-16(14-26)6-5-7-19(18)25/h5-12H,4,13H2,1-3H3/b20-12+. The molecular weight excluding hydrogens is 388 g/mol. The minimum Gasteiger partial charge on any atom is -0.325 e. The van der Waals surface area contributed by atoms with E-state index in [0.29, 0.717) is 12.0 Å². The monoisotopic (exact) mass is 409 g/mol. The summed E-state index contributed by atoms with van der Waals surface area (Å²) in [5.41, 5.74) is -0.439. The average molecular weight is 409 g/mol. The van der Waals surface area contributed by atoms with Gasteiger partial charge in [0.1, 0.15) is 22.9 Å². The number of nitrogens with zero attached hydrogens (tertiary/aromatic N) is 3. The highest BCUT2D eigenvalue weighted by Crippen LogP contribution is 2.34. The van der Waals surface area contributed by atoms with Crippen molar-refractivity contribution in [3.05, 3.63) is 76.5 Å². The third-order valence-corrected chi connectivity index (χ3v) is 5.68. The summed E-state index contributed by atoms with van der Waals surface area (Å²) in [5, 5.41) is 9.26. The van der Waals surface area contributed by atoms with Gasteiger partial charge in [-0.15, -0.1) is 0 Å². The number of carbonyl (C=O) groups excluding carboxylic acids is 2. The van der Waals surface area contributed by atoms with Crippen molar-refractivity contribution in [1.29, 1.82) is 5.26 Å². The molecule has 0 radical (unpaired) electrons. The van der Waals surface area contributed by atoms with Crippen LogP contribution >= 0.6 is 0 Å². The van der Waals surface area contributed by atoms with E-state index >= 15 is 0 Å². The lowest BCUT2D eigenvalue weighted by molar-refractivity contribution is -0.157. The lowest BCUT2D eigenvalue weighted by Crippen LogP contribution is -2.65. The van der Waals surface area contributed by atoms with Crippen molar-refractivity contribution >= 4 is 17.9 Å². The van der Waals surface area contributed by atoms with Crippen LogP contribution in [0.25, 0.3) is 6.08 Å². The Balaban J connectivity index is 2.06. The van der Waals surface area contributed by atoms with Gasteiger partial charge in [0.25, 0.3) is 11.8 Å². The predicted octanol–water partition coefficient (Wildman–Crippen LogP) is 3.50. The van der Waals surface area contributed by atoms with Crippen molar-refractivity contribution in [3.8, 4) is 6.07 Å². The van der Waals surface area contributed by atoms with Crippen LogP contribution in [0.15, 0.2) is 48.2 Å². The van der Waals surface area contributed by atoms with E-state index in [9.17, 15) is 23.6 Å². The fourth-order valence-corrected chi connectivity index (χ4v) is 3.80. The molecule has 0 aromatic heterocycles. The van der Waals surface area contributed by atoms with Gasteiger partial charge in [0.15, 0.2) is 0 Å². The van der Waals surface area contributed by atoms with Crippen molar-refractivity contribution < 1.29 is 18.4 Å². The summed E-state index contributed by atoms with van der Waals surface area (Å²) in [5.74, 6) is -1.84. The van der Waals surface area contributed by atoms with Crippen LogP contribution in [0.1, 0.15) is 30.0 Å². The van der Waals surface area contributed by atoms with E-state index in [1.807, 2.05) is 6.07 Å². The first kappa shape index (κ1) is 21.2. The number of hydrogen-bond donors (Lipinski definition) is 0. The molecule has 0 N–H and O–H groups in total. The molecule has 1 heterocycles. The second-order valence-electron chi connectivity index (χ2n) is 7.26. The minimum atomic E-state index is -1.16. The Morgan fingerprint density at radius 3 is 2.37 bits per heavy atom. The molecule has 1 atom stereocenters. The number of amides is 2. The molecule has 1 unspecified atom stereocenters. The zero-order valence-electron chi connectivity index (χ0n) is 16.9. The largest absolute Gasteiger partial charge is 0.325 e. The maximum atomic E-state index is 14.3. The minimum absolute atomic E-state index is 0.0210. The predicted molar refractivity (Wildman–Crippen MR) is 108 cm³/mol. The zero-order valence-corrected chi connectivity index (χ0v) is 16.9. The second kappa shape index (κ2) is 8.07. The van der Waals surface area contributed by atoms with Gasteiger partial charge in [0.05, 0.1) is 11.6 Å².